The standard InChI is InChI=1S/C20H25ClN2O6/c1-4-28-20(25)12-6-5-7-23(11-12)19(24)18-9-15(22-29-18)13-8-14(21)17(27-3)10-16(13)26-2/h8,10,12,18H,4-7,9,11H2,1-3H3. The van der Waals surface area contributed by atoms with Gasteiger partial charge in [0.05, 0.1) is 37.5 Å². The maximum absolute atomic E-state index is 12.9. The molecule has 0 N–H and O–H groups in total. The summed E-state index contributed by atoms with van der Waals surface area (Å²) in [6, 6.07) is 3.36. The molecule has 1 saturated heterocycles. The number of methoxy groups -OCH3 is 2. The zero-order chi connectivity index (χ0) is 21.0. The van der Waals surface area contributed by atoms with Crippen molar-refractivity contribution in [2.24, 2.45) is 11.1 Å². The van der Waals surface area contributed by atoms with E-state index in [4.69, 9.17) is 30.6 Å². The summed E-state index contributed by atoms with van der Waals surface area (Å²) in [5.74, 6) is 0.276. The molecule has 0 saturated carbocycles. The first-order valence-electron chi connectivity index (χ1n) is 9.58. The van der Waals surface area contributed by atoms with Crippen LogP contribution in [0, 0.1) is 5.92 Å². The predicted molar refractivity (Wildman–Crippen MR) is 107 cm³/mol. The fourth-order valence-corrected chi connectivity index (χ4v) is 3.83. The smallest absolute Gasteiger partial charge is 0.310 e. The molecular formula is C20H25ClN2O6. The minimum atomic E-state index is -0.739. The van der Waals surface area contributed by atoms with Crippen LogP contribution in [0.5, 0.6) is 11.5 Å². The number of ether oxygens (including phenoxy) is 3. The highest BCUT2D eigenvalue weighted by molar-refractivity contribution is 6.32. The number of benzene rings is 1. The Bertz CT molecular complexity index is 812. The predicted octanol–water partition coefficient (Wildman–Crippen LogP) is 2.65. The molecule has 29 heavy (non-hydrogen) atoms. The number of halogens is 1. The number of hydrogen-bond donors (Lipinski definition) is 0. The first-order valence-corrected chi connectivity index (χ1v) is 9.96. The maximum atomic E-state index is 12.9. The average molecular weight is 425 g/mol. The second kappa shape index (κ2) is 9.35. The summed E-state index contributed by atoms with van der Waals surface area (Å²) in [6.07, 6.45) is 1.02. The molecule has 9 heteroatoms. The summed E-state index contributed by atoms with van der Waals surface area (Å²) in [5.41, 5.74) is 1.22. The molecule has 0 radical (unpaired) electrons. The summed E-state index contributed by atoms with van der Waals surface area (Å²) < 4.78 is 15.7. The third-order valence-electron chi connectivity index (χ3n) is 5.08. The molecule has 1 aromatic rings. The van der Waals surface area contributed by atoms with Crippen molar-refractivity contribution in [2.45, 2.75) is 32.3 Å². The molecule has 1 amide bonds. The number of hydrogen-bond acceptors (Lipinski definition) is 7. The van der Waals surface area contributed by atoms with Crippen molar-refractivity contribution in [3.63, 3.8) is 0 Å². The van der Waals surface area contributed by atoms with E-state index in [1.54, 1.807) is 24.0 Å². The molecule has 1 fully saturated rings. The molecule has 3 rings (SSSR count). The van der Waals surface area contributed by atoms with Crippen LogP contribution in [-0.4, -0.2) is 62.5 Å². The van der Waals surface area contributed by atoms with Crippen LogP contribution < -0.4 is 9.47 Å². The van der Waals surface area contributed by atoms with Crippen LogP contribution in [0.1, 0.15) is 31.7 Å². The van der Waals surface area contributed by atoms with E-state index < -0.39 is 6.10 Å². The Balaban J connectivity index is 1.68. The highest BCUT2D eigenvalue weighted by Gasteiger charge is 2.37. The Hall–Kier alpha value is -2.48. The molecule has 2 heterocycles. The molecule has 2 aliphatic rings. The van der Waals surface area contributed by atoms with Crippen LogP contribution in [0.4, 0.5) is 0 Å². The third-order valence-corrected chi connectivity index (χ3v) is 5.38. The zero-order valence-electron chi connectivity index (χ0n) is 16.8. The van der Waals surface area contributed by atoms with Crippen molar-refractivity contribution in [2.75, 3.05) is 33.9 Å². The zero-order valence-corrected chi connectivity index (χ0v) is 17.5. The number of oxime groups is 1. The van der Waals surface area contributed by atoms with Gasteiger partial charge in [0.15, 0.2) is 0 Å². The number of likely N-dealkylation sites (tertiary alicyclic amines) is 1. The summed E-state index contributed by atoms with van der Waals surface area (Å²) in [4.78, 5) is 32.0. The van der Waals surface area contributed by atoms with Gasteiger partial charge in [-0.3, -0.25) is 9.59 Å². The first kappa shape index (κ1) is 21.2. The van der Waals surface area contributed by atoms with E-state index in [1.165, 1.54) is 14.2 Å². The SMILES string of the molecule is CCOC(=O)C1CCCN(C(=O)C2CC(c3cc(Cl)c(OC)cc3OC)=NO2)C1. The molecule has 2 aliphatic heterocycles. The van der Waals surface area contributed by atoms with Crippen molar-refractivity contribution in [1.29, 1.82) is 0 Å². The van der Waals surface area contributed by atoms with E-state index >= 15 is 0 Å². The maximum Gasteiger partial charge on any atom is 0.310 e. The van der Waals surface area contributed by atoms with Gasteiger partial charge in [0.25, 0.3) is 5.91 Å². The Labute approximate surface area is 174 Å². The number of rotatable bonds is 6. The minimum absolute atomic E-state index is 0.184. The number of carbonyl (C=O) groups excluding carboxylic acids is 2. The van der Waals surface area contributed by atoms with Gasteiger partial charge in [-0.15, -0.1) is 0 Å². The first-order chi connectivity index (χ1) is 14.0. The van der Waals surface area contributed by atoms with Crippen molar-refractivity contribution in [3.05, 3.63) is 22.7 Å². The molecular weight excluding hydrogens is 400 g/mol. The van der Waals surface area contributed by atoms with E-state index in [0.29, 0.717) is 53.9 Å². The van der Waals surface area contributed by atoms with Gasteiger partial charge in [0, 0.05) is 31.1 Å². The van der Waals surface area contributed by atoms with Crippen molar-refractivity contribution < 1.29 is 28.6 Å². The Morgan fingerprint density at radius 1 is 1.28 bits per heavy atom. The summed E-state index contributed by atoms with van der Waals surface area (Å²) >= 11 is 6.23. The lowest BCUT2D eigenvalue weighted by molar-refractivity contribution is -0.153. The molecule has 8 nitrogen and oxygen atoms in total. The van der Waals surface area contributed by atoms with Crippen molar-refractivity contribution in [3.8, 4) is 11.5 Å². The summed E-state index contributed by atoms with van der Waals surface area (Å²) in [7, 11) is 3.06. The number of piperidine rings is 1. The van der Waals surface area contributed by atoms with Gasteiger partial charge in [-0.2, -0.15) is 0 Å². The van der Waals surface area contributed by atoms with Crippen molar-refractivity contribution in [1.82, 2.24) is 4.90 Å². The van der Waals surface area contributed by atoms with Gasteiger partial charge in [-0.25, -0.2) is 0 Å². The quantitative estimate of drug-likeness (QED) is 0.652. The number of nitrogens with zero attached hydrogens (tertiary/aromatic N) is 2. The van der Waals surface area contributed by atoms with Crippen LogP contribution >= 0.6 is 11.6 Å². The van der Waals surface area contributed by atoms with Crippen LogP contribution in [-0.2, 0) is 19.2 Å². The van der Waals surface area contributed by atoms with Gasteiger partial charge < -0.3 is 23.9 Å². The van der Waals surface area contributed by atoms with E-state index in [0.717, 1.165) is 12.8 Å². The Kier molecular flexibility index (Phi) is 6.84. The number of esters is 1. The lowest BCUT2D eigenvalue weighted by Crippen LogP contribution is -2.47. The van der Waals surface area contributed by atoms with Crippen molar-refractivity contribution >= 4 is 29.2 Å². The molecule has 2 unspecified atom stereocenters. The van der Waals surface area contributed by atoms with Crippen LogP contribution in [0.15, 0.2) is 17.3 Å². The molecule has 1 aromatic carbocycles. The molecule has 0 aromatic heterocycles. The number of amides is 1. The molecule has 0 aliphatic carbocycles. The molecule has 0 bridgehead atoms. The molecule has 158 valence electrons. The lowest BCUT2D eigenvalue weighted by Gasteiger charge is -2.32. The van der Waals surface area contributed by atoms with E-state index in [2.05, 4.69) is 5.16 Å². The molecule has 0 spiro atoms. The molecule has 2 atom stereocenters. The topological polar surface area (TPSA) is 86.7 Å². The van der Waals surface area contributed by atoms with Gasteiger partial charge in [-0.1, -0.05) is 16.8 Å². The Morgan fingerprint density at radius 3 is 2.72 bits per heavy atom. The Morgan fingerprint density at radius 2 is 2.03 bits per heavy atom. The monoisotopic (exact) mass is 424 g/mol. The van der Waals surface area contributed by atoms with E-state index in [1.807, 2.05) is 0 Å². The van der Waals surface area contributed by atoms with Gasteiger partial charge in [0.2, 0.25) is 6.10 Å². The normalized spacial score (nSPS) is 21.2. The van der Waals surface area contributed by atoms with Crippen LogP contribution in [0.25, 0.3) is 0 Å². The highest BCUT2D eigenvalue weighted by atomic mass is 35.5. The summed E-state index contributed by atoms with van der Waals surface area (Å²) in [5, 5.41) is 4.50. The highest BCUT2D eigenvalue weighted by Crippen LogP contribution is 2.35. The van der Waals surface area contributed by atoms with Gasteiger partial charge in [-0.05, 0) is 25.8 Å². The largest absolute Gasteiger partial charge is 0.496 e. The van der Waals surface area contributed by atoms with Gasteiger partial charge in [0.1, 0.15) is 11.5 Å². The number of carbonyl (C=O) groups is 2. The summed E-state index contributed by atoms with van der Waals surface area (Å²) in [6.45, 7) is 3.03. The van der Waals surface area contributed by atoms with Crippen LogP contribution in [0.2, 0.25) is 5.02 Å². The van der Waals surface area contributed by atoms with E-state index in [-0.39, 0.29) is 17.8 Å². The fraction of sp³-hybridized carbons (Fsp3) is 0.550. The van der Waals surface area contributed by atoms with Gasteiger partial charge >= 0.3 is 5.97 Å². The van der Waals surface area contributed by atoms with Crippen LogP contribution in [0.3, 0.4) is 0 Å². The second-order valence-electron chi connectivity index (χ2n) is 6.90. The average Bonchev–Trinajstić information content (AvgIpc) is 3.23. The fourth-order valence-electron chi connectivity index (χ4n) is 3.59. The van der Waals surface area contributed by atoms with E-state index in [9.17, 15) is 9.59 Å². The second-order valence-corrected chi connectivity index (χ2v) is 7.31. The minimum Gasteiger partial charge on any atom is -0.496 e. The third kappa shape index (κ3) is 4.58. The lowest BCUT2D eigenvalue weighted by atomic mass is 9.97.